The first kappa shape index (κ1) is 16.9. The molecule has 0 radical (unpaired) electrons. The molecule has 0 bridgehead atoms. The summed E-state index contributed by atoms with van der Waals surface area (Å²) in [5.41, 5.74) is 2.50. The molecule has 24 heavy (non-hydrogen) atoms. The van der Waals surface area contributed by atoms with E-state index < -0.39 is 10.0 Å². The Hall–Kier alpha value is -1.99. The summed E-state index contributed by atoms with van der Waals surface area (Å²) in [6.07, 6.45) is 0.432. The van der Waals surface area contributed by atoms with Gasteiger partial charge in [0.25, 0.3) is 0 Å². The minimum Gasteiger partial charge on any atom is -0.472 e. The standard InChI is InChI=1S/C17H21N3O3S/c1-12-4-5-13(2)16(10-12)24(21,22)20-9-8-15(11-20)23-17-7-6-14(3)18-19-17/h4-7,10,15H,8-9,11H2,1-3H3. The van der Waals surface area contributed by atoms with E-state index in [9.17, 15) is 8.42 Å². The molecule has 1 aliphatic rings. The number of sulfonamides is 1. The Morgan fingerprint density at radius 1 is 1.12 bits per heavy atom. The molecule has 2 aromatic rings. The van der Waals surface area contributed by atoms with Gasteiger partial charge in [-0.05, 0) is 50.5 Å². The Kier molecular flexibility index (Phi) is 4.56. The van der Waals surface area contributed by atoms with Crippen LogP contribution < -0.4 is 4.74 Å². The van der Waals surface area contributed by atoms with Gasteiger partial charge in [0.05, 0.1) is 17.1 Å². The number of rotatable bonds is 4. The van der Waals surface area contributed by atoms with Crippen LogP contribution in [0.2, 0.25) is 0 Å². The Balaban J connectivity index is 1.74. The van der Waals surface area contributed by atoms with E-state index in [2.05, 4.69) is 10.2 Å². The van der Waals surface area contributed by atoms with Gasteiger partial charge in [0.15, 0.2) is 0 Å². The molecule has 0 N–H and O–H groups in total. The Bertz CT molecular complexity index is 835. The SMILES string of the molecule is Cc1ccc(C)c(S(=O)(=O)N2CCC(Oc3ccc(C)nn3)C2)c1. The average molecular weight is 347 g/mol. The molecule has 7 heteroatoms. The lowest BCUT2D eigenvalue weighted by Gasteiger charge is -2.18. The summed E-state index contributed by atoms with van der Waals surface area (Å²) in [6, 6.07) is 9.06. The largest absolute Gasteiger partial charge is 0.472 e. The predicted molar refractivity (Wildman–Crippen MR) is 90.5 cm³/mol. The molecule has 1 aromatic heterocycles. The van der Waals surface area contributed by atoms with Crippen molar-refractivity contribution in [3.8, 4) is 5.88 Å². The van der Waals surface area contributed by atoms with Gasteiger partial charge in [-0.25, -0.2) is 8.42 Å². The van der Waals surface area contributed by atoms with Crippen molar-refractivity contribution in [1.82, 2.24) is 14.5 Å². The Morgan fingerprint density at radius 2 is 1.92 bits per heavy atom. The zero-order valence-corrected chi connectivity index (χ0v) is 14.9. The molecular weight excluding hydrogens is 326 g/mol. The van der Waals surface area contributed by atoms with Gasteiger partial charge in [0, 0.05) is 12.6 Å². The fraction of sp³-hybridized carbons (Fsp3) is 0.412. The van der Waals surface area contributed by atoms with Crippen LogP contribution in [-0.4, -0.2) is 42.1 Å². The van der Waals surface area contributed by atoms with Crippen LogP contribution in [0.1, 0.15) is 23.2 Å². The minimum atomic E-state index is -3.51. The second kappa shape index (κ2) is 6.49. The molecule has 1 aromatic carbocycles. The van der Waals surface area contributed by atoms with E-state index in [0.29, 0.717) is 30.3 Å². The molecule has 1 saturated heterocycles. The monoisotopic (exact) mass is 347 g/mol. The van der Waals surface area contributed by atoms with Crippen LogP contribution in [0.15, 0.2) is 35.2 Å². The van der Waals surface area contributed by atoms with Gasteiger partial charge in [-0.1, -0.05) is 12.1 Å². The Labute approximate surface area is 142 Å². The third kappa shape index (κ3) is 3.42. The van der Waals surface area contributed by atoms with E-state index >= 15 is 0 Å². The lowest BCUT2D eigenvalue weighted by Crippen LogP contribution is -2.31. The number of aromatic nitrogens is 2. The van der Waals surface area contributed by atoms with E-state index in [1.54, 1.807) is 12.1 Å². The first-order valence-electron chi connectivity index (χ1n) is 7.90. The van der Waals surface area contributed by atoms with Crippen LogP contribution in [0, 0.1) is 20.8 Å². The quantitative estimate of drug-likeness (QED) is 0.848. The van der Waals surface area contributed by atoms with Gasteiger partial charge in [-0.15, -0.1) is 5.10 Å². The van der Waals surface area contributed by atoms with Crippen molar-refractivity contribution in [3.63, 3.8) is 0 Å². The number of hydrogen-bond donors (Lipinski definition) is 0. The summed E-state index contributed by atoms with van der Waals surface area (Å²) >= 11 is 0. The van der Waals surface area contributed by atoms with Gasteiger partial charge in [-0.3, -0.25) is 0 Å². The van der Waals surface area contributed by atoms with Crippen LogP contribution in [0.25, 0.3) is 0 Å². The summed E-state index contributed by atoms with van der Waals surface area (Å²) in [5, 5.41) is 7.92. The third-order valence-corrected chi connectivity index (χ3v) is 6.14. The molecule has 1 atom stereocenters. The predicted octanol–water partition coefficient (Wildman–Crippen LogP) is 2.24. The molecule has 1 aliphatic heterocycles. The van der Waals surface area contributed by atoms with Crippen molar-refractivity contribution in [1.29, 1.82) is 0 Å². The first-order valence-corrected chi connectivity index (χ1v) is 9.34. The maximum Gasteiger partial charge on any atom is 0.243 e. The molecule has 6 nitrogen and oxygen atoms in total. The molecule has 0 spiro atoms. The fourth-order valence-corrected chi connectivity index (χ4v) is 4.55. The van der Waals surface area contributed by atoms with E-state index in [1.165, 1.54) is 4.31 Å². The summed E-state index contributed by atoms with van der Waals surface area (Å²) in [4.78, 5) is 0.373. The second-order valence-corrected chi connectivity index (χ2v) is 8.08. The van der Waals surface area contributed by atoms with Crippen LogP contribution >= 0.6 is 0 Å². The van der Waals surface area contributed by atoms with E-state index in [0.717, 1.165) is 16.8 Å². The van der Waals surface area contributed by atoms with Gasteiger partial charge < -0.3 is 4.74 Å². The maximum absolute atomic E-state index is 12.9. The zero-order chi connectivity index (χ0) is 17.3. The van der Waals surface area contributed by atoms with Crippen LogP contribution in [-0.2, 0) is 10.0 Å². The highest BCUT2D eigenvalue weighted by atomic mass is 32.2. The normalized spacial score (nSPS) is 18.7. The topological polar surface area (TPSA) is 72.4 Å². The van der Waals surface area contributed by atoms with Gasteiger partial charge in [0.2, 0.25) is 15.9 Å². The number of aryl methyl sites for hydroxylation is 3. The lowest BCUT2D eigenvalue weighted by molar-refractivity contribution is 0.204. The van der Waals surface area contributed by atoms with E-state index in [-0.39, 0.29) is 6.10 Å². The maximum atomic E-state index is 12.9. The van der Waals surface area contributed by atoms with Crippen molar-refractivity contribution in [2.75, 3.05) is 13.1 Å². The average Bonchev–Trinajstić information content (AvgIpc) is 3.01. The van der Waals surface area contributed by atoms with Crippen molar-refractivity contribution >= 4 is 10.0 Å². The molecule has 0 aliphatic carbocycles. The highest BCUT2D eigenvalue weighted by molar-refractivity contribution is 7.89. The fourth-order valence-electron chi connectivity index (χ4n) is 2.76. The highest BCUT2D eigenvalue weighted by Gasteiger charge is 2.34. The summed E-state index contributed by atoms with van der Waals surface area (Å²) in [7, 11) is -3.51. The number of ether oxygens (including phenoxy) is 1. The number of benzene rings is 1. The summed E-state index contributed by atoms with van der Waals surface area (Å²) in [6.45, 7) is 6.33. The summed E-state index contributed by atoms with van der Waals surface area (Å²) in [5.74, 6) is 0.427. The molecule has 1 unspecified atom stereocenters. The van der Waals surface area contributed by atoms with Gasteiger partial charge in [-0.2, -0.15) is 9.40 Å². The second-order valence-electron chi connectivity index (χ2n) is 6.17. The smallest absolute Gasteiger partial charge is 0.243 e. The molecule has 0 amide bonds. The Morgan fingerprint density at radius 3 is 2.62 bits per heavy atom. The third-order valence-electron chi connectivity index (χ3n) is 4.13. The minimum absolute atomic E-state index is 0.207. The first-order chi connectivity index (χ1) is 11.4. The van der Waals surface area contributed by atoms with Crippen LogP contribution in [0.5, 0.6) is 5.88 Å². The molecule has 3 rings (SSSR count). The number of nitrogens with zero attached hydrogens (tertiary/aromatic N) is 3. The molecule has 1 fully saturated rings. The van der Waals surface area contributed by atoms with Gasteiger partial charge in [0.1, 0.15) is 6.10 Å². The van der Waals surface area contributed by atoms with E-state index in [1.807, 2.05) is 39.0 Å². The molecular formula is C17H21N3O3S. The van der Waals surface area contributed by atoms with Crippen molar-refractivity contribution < 1.29 is 13.2 Å². The van der Waals surface area contributed by atoms with Crippen LogP contribution in [0.4, 0.5) is 0 Å². The summed E-state index contributed by atoms with van der Waals surface area (Å²) < 4.78 is 33.0. The molecule has 0 saturated carbocycles. The molecule has 2 heterocycles. The van der Waals surface area contributed by atoms with Crippen molar-refractivity contribution in [2.24, 2.45) is 0 Å². The lowest BCUT2D eigenvalue weighted by atomic mass is 10.2. The highest BCUT2D eigenvalue weighted by Crippen LogP contribution is 2.26. The molecule has 128 valence electrons. The number of hydrogen-bond acceptors (Lipinski definition) is 5. The van der Waals surface area contributed by atoms with Crippen molar-refractivity contribution in [3.05, 3.63) is 47.2 Å². The van der Waals surface area contributed by atoms with E-state index in [4.69, 9.17) is 4.74 Å². The van der Waals surface area contributed by atoms with Crippen molar-refractivity contribution in [2.45, 2.75) is 38.2 Å². The van der Waals surface area contributed by atoms with Crippen LogP contribution in [0.3, 0.4) is 0 Å². The van der Waals surface area contributed by atoms with Gasteiger partial charge >= 0.3 is 0 Å². The zero-order valence-electron chi connectivity index (χ0n) is 14.1.